The number of para-hydroxylation sites is 2. The number of unbranched alkanes of at least 4 members (excludes halogenated alkanes) is 2. The molecule has 5 heterocycles. The van der Waals surface area contributed by atoms with E-state index < -0.39 is 229 Å². The zero-order valence-corrected chi connectivity index (χ0v) is 79.6. The number of aliphatic hydroxyl groups is 1. The number of thioether (sulfide) groups is 1. The molecule has 2 saturated heterocycles. The van der Waals surface area contributed by atoms with Crippen LogP contribution in [-0.4, -0.2) is 315 Å². The van der Waals surface area contributed by atoms with Gasteiger partial charge in [0, 0.05) is 125 Å². The van der Waals surface area contributed by atoms with E-state index in [1.165, 1.54) is 61.9 Å². The fourth-order valence-electron chi connectivity index (χ4n) is 16.4. The third-order valence-corrected chi connectivity index (χ3v) is 25.0. The number of rotatable bonds is 28. The minimum atomic E-state index is -1.82. The van der Waals surface area contributed by atoms with Gasteiger partial charge in [-0.1, -0.05) is 95.8 Å². The number of aromatic amines is 3. The van der Waals surface area contributed by atoms with E-state index in [2.05, 4.69) is 73.1 Å². The van der Waals surface area contributed by atoms with E-state index in [9.17, 15) is 53.1 Å². The molecule has 3 aromatic carbocycles. The first-order valence-electron chi connectivity index (χ1n) is 45.5. The van der Waals surface area contributed by atoms with Gasteiger partial charge in [-0.05, 0) is 105 Å². The Morgan fingerprint density at radius 2 is 1.16 bits per heavy atom. The number of ketones is 1. The third kappa shape index (κ3) is 30.7. The highest BCUT2D eigenvalue weighted by Gasteiger charge is 2.44. The molecule has 43 nitrogen and oxygen atoms in total. The number of carbonyl (C=O) groups excluding carboxylic acids is 17. The number of amides is 16. The van der Waals surface area contributed by atoms with E-state index in [-0.39, 0.29) is 95.4 Å². The van der Waals surface area contributed by atoms with Crippen molar-refractivity contribution in [1.29, 1.82) is 5.41 Å². The molecule has 13 atom stereocenters. The van der Waals surface area contributed by atoms with Crippen LogP contribution in [0, 0.1) is 17.2 Å². The minimum absolute atomic E-state index is 0.00531. The monoisotopic (exact) mass is 1910 g/mol. The molecule has 0 aliphatic carbocycles. The molecule has 0 saturated carbocycles. The summed E-state index contributed by atoms with van der Waals surface area (Å²) in [5.74, 6) is -17.8. The summed E-state index contributed by atoms with van der Waals surface area (Å²) in [6.45, 7) is 6.02. The maximum absolute atomic E-state index is 15.7. The van der Waals surface area contributed by atoms with Gasteiger partial charge in [0.15, 0.2) is 23.2 Å². The Bertz CT molecular complexity index is 5220. The number of ether oxygens (including phenoxy) is 2. The van der Waals surface area contributed by atoms with Crippen molar-refractivity contribution in [3.63, 3.8) is 0 Å². The predicted octanol–water partition coefficient (Wildman–Crippen LogP) is -1.03. The van der Waals surface area contributed by atoms with Crippen LogP contribution in [0.4, 0.5) is 0 Å². The number of H-pyrrole nitrogens is 3. The second-order valence-corrected chi connectivity index (χ2v) is 35.7. The SMILES string of the molecule is CCCC[C@H]1C(=O)N(C)[C@@H](CCCC)C(=O)N[C@@H](CCCNC(=N)N)C(=O)N[C@H](C(=O)NCC(N)=O)CSCC(=O)N[C@@H](Cc2ccc(OC)c(OC)c2)C(=O)N(C)[C@@H](C)C(=O)N[C@@H](CC(N)=O)C(=O)N2CCC[C@H]2C(=O)N[C@@H](Cc2cnc[nH]2)C(=O)N[C@@H](CC(C)C)C(=O)N(C)CC(=O)C[C@@H](Cc2c[nH]c3ccccc23)C(=O)N[C@@H](CO)C(=O)N[C@@H](Cc2c[nH]c3ccccc23)C(=O)N1C. The van der Waals surface area contributed by atoms with Crippen molar-refractivity contribution in [3.8, 4) is 11.5 Å². The van der Waals surface area contributed by atoms with Gasteiger partial charge in [-0.3, -0.25) is 86.9 Å². The number of nitrogens with zero attached hydrogens (tertiary/aromatic N) is 6. The van der Waals surface area contributed by atoms with E-state index in [1.807, 2.05) is 13.8 Å². The summed E-state index contributed by atoms with van der Waals surface area (Å²) in [7, 11) is 8.04. The number of likely N-dealkylation sites (N-methyl/N-ethyl adjacent to an activating group) is 4. The average Bonchev–Trinajstić information content (AvgIpc) is 1.44. The number of methoxy groups -OCH3 is 2. The summed E-state index contributed by atoms with van der Waals surface area (Å²) in [5.41, 5.74) is 20.0. The molecule has 3 aromatic heterocycles. The summed E-state index contributed by atoms with van der Waals surface area (Å²) in [5, 5.41) is 46.9. The molecule has 0 spiro atoms. The molecule has 44 heteroatoms. The summed E-state index contributed by atoms with van der Waals surface area (Å²) < 4.78 is 11.0. The summed E-state index contributed by atoms with van der Waals surface area (Å²) >= 11 is 0.772. The maximum atomic E-state index is 15.7. The first kappa shape index (κ1) is 108. The quantitative estimate of drug-likeness (QED) is 0.0159. The normalized spacial score (nSPS) is 23.2. The Morgan fingerprint density at radius 1 is 0.581 bits per heavy atom. The van der Waals surface area contributed by atoms with Gasteiger partial charge >= 0.3 is 0 Å². The fraction of sp³-hybridized carbons (Fsp3) is 0.533. The number of fused-ring (bicyclic) bond motifs is 3. The third-order valence-electron chi connectivity index (χ3n) is 24.0. The smallest absolute Gasteiger partial charge is 0.246 e. The number of hydrogen-bond acceptors (Lipinski definition) is 23. The van der Waals surface area contributed by atoms with Gasteiger partial charge in [0.05, 0.1) is 52.4 Å². The number of imidazole rings is 1. The molecule has 136 heavy (non-hydrogen) atoms. The molecule has 6 aromatic rings. The number of nitrogens with one attached hydrogen (secondary N) is 14. The van der Waals surface area contributed by atoms with Gasteiger partial charge in [-0.2, -0.15) is 0 Å². The maximum Gasteiger partial charge on any atom is 0.246 e. The predicted molar refractivity (Wildman–Crippen MR) is 504 cm³/mol. The summed E-state index contributed by atoms with van der Waals surface area (Å²) in [6, 6.07) is 0.607. The van der Waals surface area contributed by atoms with Crippen LogP contribution in [0.25, 0.3) is 21.8 Å². The molecule has 740 valence electrons. The second kappa shape index (κ2) is 52.3. The molecule has 21 N–H and O–H groups in total. The van der Waals surface area contributed by atoms with E-state index in [4.69, 9.17) is 32.1 Å². The lowest BCUT2D eigenvalue weighted by molar-refractivity contribution is -0.149. The van der Waals surface area contributed by atoms with Crippen molar-refractivity contribution in [2.24, 2.45) is 29.0 Å². The molecule has 8 rings (SSSR count). The number of aliphatic hydroxyl groups excluding tert-OH is 1. The van der Waals surface area contributed by atoms with Crippen LogP contribution in [0.3, 0.4) is 0 Å². The number of guanidine groups is 1. The van der Waals surface area contributed by atoms with E-state index in [1.54, 1.807) is 93.0 Å². The van der Waals surface area contributed by atoms with E-state index in [0.717, 1.165) is 36.3 Å². The Kier molecular flexibility index (Phi) is 41.4. The van der Waals surface area contributed by atoms with Crippen LogP contribution in [0.1, 0.15) is 140 Å². The van der Waals surface area contributed by atoms with Gasteiger partial charge in [0.2, 0.25) is 94.5 Å². The van der Waals surface area contributed by atoms with Gasteiger partial charge in [0.25, 0.3) is 0 Å². The first-order chi connectivity index (χ1) is 64.8. The van der Waals surface area contributed by atoms with Crippen LogP contribution in [0.2, 0.25) is 0 Å². The number of nitrogens with two attached hydrogens (primary N) is 3. The zero-order valence-electron chi connectivity index (χ0n) is 78.7. The Balaban J connectivity index is 1.20. The standard InChI is InChI=1S/C92H131N23O20S/c1-12-14-27-71-85(127)104-63(26-20-32-98-92(95)96)82(124)110-70(81(123)101-45-77(94)119)48-136-49-78(120)103-66(35-53-30-31-74(134-10)75(36-53)135-11)88(130)112(7)52(5)79(121)106-68(41-76(93)118)90(132)115-33-21-29-72(115)86(128)105-64(40-57-44-97-50-102-57)83(125)107-65(34-51(3)4)87(129)111(6)46-58(117)38-54(37-55-42-99-61-24-18-16-22-59(55)61)80(122)109-69(47-116)84(126)108-67(39-56-43-100-62-25-19-17-23-60(56)62)89(131)114(9)73(28-15-13-2)91(133)113(71)8/h16-19,22-25,30-31,36,42-44,50-52,54,63-73,99-100,116H,12-15,20-21,26-29,32-35,37-41,45-49H2,1-11H3,(H2,93,118)(H2,94,119)(H,97,102)(H,101,123)(H,103,120)(H,104,127)(H,105,128)(H,106,121)(H,107,125)(H,108,126)(H,109,122)(H,110,124)(H4,95,96,98)/t52-,54+,63-,64-,65-,66-,67-,68-,69-,70-,71-,72-,73-/m0/s1. The van der Waals surface area contributed by atoms with Crippen molar-refractivity contribution < 1.29 is 96.1 Å². The topological polar surface area (TPSA) is 628 Å². The van der Waals surface area contributed by atoms with Gasteiger partial charge in [-0.25, -0.2) is 4.98 Å². The Labute approximate surface area is 792 Å². The van der Waals surface area contributed by atoms with Crippen LogP contribution >= 0.6 is 11.8 Å². The van der Waals surface area contributed by atoms with Gasteiger partial charge in [0.1, 0.15) is 72.5 Å². The highest BCUT2D eigenvalue weighted by molar-refractivity contribution is 8.00. The van der Waals surface area contributed by atoms with Crippen molar-refractivity contribution in [3.05, 3.63) is 114 Å². The summed E-state index contributed by atoms with van der Waals surface area (Å²) in [4.78, 5) is 269. The molecule has 16 amide bonds. The van der Waals surface area contributed by atoms with Gasteiger partial charge in [-0.15, -0.1) is 11.8 Å². The Hall–Kier alpha value is -13.7. The highest BCUT2D eigenvalue weighted by atomic mass is 32.2. The fourth-order valence-corrected chi connectivity index (χ4v) is 17.3. The molecule has 2 aliphatic rings. The lowest BCUT2D eigenvalue weighted by Crippen LogP contribution is -2.61. The summed E-state index contributed by atoms with van der Waals surface area (Å²) in [6.07, 6.45) is 5.39. The molecular weight excluding hydrogens is 1780 g/mol. The largest absolute Gasteiger partial charge is 0.493 e. The molecule has 2 aliphatic heterocycles. The number of primary amides is 2. The Morgan fingerprint density at radius 3 is 1.77 bits per heavy atom. The number of hydrogen-bond donors (Lipinski definition) is 18. The number of benzene rings is 3. The number of Topliss-reactive ketones (excluding diaryl/α,β-unsaturated/α-hetero) is 1. The molecule has 0 radical (unpaired) electrons. The van der Waals surface area contributed by atoms with Crippen molar-refractivity contribution >= 4 is 140 Å². The van der Waals surface area contributed by atoms with Crippen molar-refractivity contribution in [2.75, 3.05) is 86.7 Å². The lowest BCUT2D eigenvalue weighted by atomic mass is 9.92. The van der Waals surface area contributed by atoms with Crippen LogP contribution < -0.4 is 79.8 Å². The minimum Gasteiger partial charge on any atom is -0.493 e. The molecule has 0 unspecified atom stereocenters. The zero-order chi connectivity index (χ0) is 99.7. The lowest BCUT2D eigenvalue weighted by Gasteiger charge is -2.36. The van der Waals surface area contributed by atoms with Crippen LogP contribution in [0.15, 0.2) is 91.6 Å². The van der Waals surface area contributed by atoms with Crippen LogP contribution in [0.5, 0.6) is 11.5 Å². The highest BCUT2D eigenvalue weighted by Crippen LogP contribution is 2.31. The number of aromatic nitrogens is 4. The first-order valence-corrected chi connectivity index (χ1v) is 46.6. The van der Waals surface area contributed by atoms with E-state index in [0.29, 0.717) is 75.6 Å². The van der Waals surface area contributed by atoms with Crippen molar-refractivity contribution in [2.45, 2.75) is 216 Å². The average molecular weight is 1910 g/mol. The van der Waals surface area contributed by atoms with Crippen molar-refractivity contribution in [1.82, 2.24) is 97.6 Å². The second-order valence-electron chi connectivity index (χ2n) is 34.7. The molecular formula is C92H131N23O20S. The van der Waals surface area contributed by atoms with Gasteiger partial charge < -0.3 is 124 Å². The van der Waals surface area contributed by atoms with E-state index >= 15 is 33.6 Å². The molecule has 0 bridgehead atoms. The van der Waals surface area contributed by atoms with Crippen LogP contribution in [-0.2, 0) is 107 Å². The number of carbonyl (C=O) groups is 17. The molecule has 2 fully saturated rings.